The molecule has 2 bridgehead atoms. The largest absolute Gasteiger partial charge is 0.497 e. The molecule has 0 aliphatic carbocycles. The molecule has 36 heavy (non-hydrogen) atoms. The molecule has 3 saturated heterocycles. The summed E-state index contributed by atoms with van der Waals surface area (Å²) in [5.74, 6) is 0.164. The van der Waals surface area contributed by atoms with Crippen LogP contribution in [0.1, 0.15) is 49.6 Å². The van der Waals surface area contributed by atoms with Crippen LogP contribution in [0.3, 0.4) is 0 Å². The molecular weight excluding hydrogens is 470 g/mol. The van der Waals surface area contributed by atoms with Crippen LogP contribution in [-0.2, 0) is 4.79 Å². The minimum atomic E-state index is -2.86. The van der Waals surface area contributed by atoms with E-state index in [0.29, 0.717) is 27.9 Å². The quantitative estimate of drug-likeness (QED) is 0.623. The number of hydrogen-bond donors (Lipinski definition) is 1. The molecule has 0 saturated carbocycles. The molecule has 1 unspecified atom stereocenters. The first kappa shape index (κ1) is 24.9. The zero-order chi connectivity index (χ0) is 25.4. The average molecular weight is 505 g/mol. The van der Waals surface area contributed by atoms with Crippen LogP contribution in [-0.4, -0.2) is 101 Å². The number of halogens is 2. The zero-order valence-electron chi connectivity index (χ0n) is 20.8. The molecule has 5 rings (SSSR count). The summed E-state index contributed by atoms with van der Waals surface area (Å²) in [5.41, 5.74) is 0.195. The number of benzene rings is 1. The first-order chi connectivity index (χ1) is 17.3. The van der Waals surface area contributed by atoms with E-state index in [4.69, 9.17) is 4.74 Å². The van der Waals surface area contributed by atoms with Gasteiger partial charge in [0.15, 0.2) is 5.69 Å². The molecule has 1 aromatic carbocycles. The normalized spacial score (nSPS) is 25.0. The van der Waals surface area contributed by atoms with Gasteiger partial charge < -0.3 is 15.0 Å². The number of carbonyl (C=O) groups excluding carboxylic acids is 2. The van der Waals surface area contributed by atoms with Crippen LogP contribution in [0.4, 0.5) is 8.78 Å². The molecule has 3 fully saturated rings. The lowest BCUT2D eigenvalue weighted by Crippen LogP contribution is -2.54. The van der Waals surface area contributed by atoms with E-state index < -0.39 is 12.5 Å². The smallest absolute Gasteiger partial charge is 0.333 e. The topological polar surface area (TPSA) is 82.9 Å². The highest BCUT2D eigenvalue weighted by Gasteiger charge is 2.41. The van der Waals surface area contributed by atoms with Crippen molar-refractivity contribution >= 4 is 22.7 Å². The van der Waals surface area contributed by atoms with Crippen molar-refractivity contribution in [1.29, 1.82) is 0 Å². The fourth-order valence-electron chi connectivity index (χ4n) is 6.11. The summed E-state index contributed by atoms with van der Waals surface area (Å²) in [4.78, 5) is 31.6. The molecule has 3 atom stereocenters. The predicted octanol–water partition coefficient (Wildman–Crippen LogP) is 2.33. The minimum Gasteiger partial charge on any atom is -0.497 e. The summed E-state index contributed by atoms with van der Waals surface area (Å²) in [7, 11) is 1.47. The van der Waals surface area contributed by atoms with Crippen molar-refractivity contribution in [1.82, 2.24) is 29.8 Å². The van der Waals surface area contributed by atoms with Gasteiger partial charge in [-0.15, -0.1) is 0 Å². The van der Waals surface area contributed by atoms with Crippen LogP contribution in [0.15, 0.2) is 18.2 Å². The Balaban J connectivity index is 1.19. The highest BCUT2D eigenvalue weighted by atomic mass is 19.3. The Morgan fingerprint density at radius 3 is 2.42 bits per heavy atom. The maximum atomic E-state index is 13.6. The highest BCUT2D eigenvalue weighted by molar-refractivity contribution is 6.05. The number of piperazine rings is 1. The number of aromatic nitrogens is 2. The number of ether oxygens (including phenoxy) is 1. The Morgan fingerprint density at radius 1 is 1.11 bits per heavy atom. The monoisotopic (exact) mass is 504 g/mol. The van der Waals surface area contributed by atoms with E-state index in [1.165, 1.54) is 13.2 Å². The minimum absolute atomic E-state index is 0.00430. The zero-order valence-corrected chi connectivity index (χ0v) is 20.8. The lowest BCUT2D eigenvalue weighted by Gasteiger charge is -2.41. The van der Waals surface area contributed by atoms with Crippen LogP contribution >= 0.6 is 0 Å². The molecule has 0 radical (unpaired) electrons. The second kappa shape index (κ2) is 10.3. The molecule has 2 amide bonds. The van der Waals surface area contributed by atoms with Crippen LogP contribution in [0.2, 0.25) is 0 Å². The van der Waals surface area contributed by atoms with Gasteiger partial charge in [0.2, 0.25) is 5.91 Å². The van der Waals surface area contributed by atoms with Crippen LogP contribution in [0.5, 0.6) is 5.75 Å². The Kier molecular flexibility index (Phi) is 7.11. The molecule has 0 spiro atoms. The number of nitrogens with zero attached hydrogens (tertiary/aromatic N) is 5. The standard InChI is InChI=1S/C25H34F2N6O3/c1-16(34)31-10-7-30(8-11-31)9-12-32-18-3-4-19(32)14-17(13-18)28-24(35)23-21-6-5-20(36-2)15-22(21)33(29-23)25(26)27/h5-6,15,17-19,25H,3-4,7-14H2,1-2H3,(H,28,35)/t17?,18-,19+. The number of carbonyl (C=O) groups is 2. The van der Waals surface area contributed by atoms with E-state index in [9.17, 15) is 18.4 Å². The third kappa shape index (κ3) is 4.90. The van der Waals surface area contributed by atoms with Crippen molar-refractivity contribution in [2.45, 2.75) is 57.3 Å². The fraction of sp³-hybridized carbons (Fsp3) is 0.640. The summed E-state index contributed by atoms with van der Waals surface area (Å²) < 4.78 is 32.9. The number of fused-ring (bicyclic) bond motifs is 3. The van der Waals surface area contributed by atoms with Crippen LogP contribution in [0.25, 0.3) is 10.9 Å². The summed E-state index contributed by atoms with van der Waals surface area (Å²) in [5, 5.41) is 7.43. The Morgan fingerprint density at radius 2 is 1.81 bits per heavy atom. The van der Waals surface area contributed by atoms with Gasteiger partial charge in [0.05, 0.1) is 12.6 Å². The van der Waals surface area contributed by atoms with Crippen molar-refractivity contribution < 1.29 is 23.1 Å². The number of methoxy groups -OCH3 is 1. The number of rotatable bonds is 7. The van der Waals surface area contributed by atoms with Gasteiger partial charge in [-0.1, -0.05) is 0 Å². The molecule has 1 N–H and O–H groups in total. The number of alkyl halides is 2. The van der Waals surface area contributed by atoms with Crippen molar-refractivity contribution in [3.8, 4) is 5.75 Å². The van der Waals surface area contributed by atoms with Gasteiger partial charge in [0.25, 0.3) is 5.91 Å². The van der Waals surface area contributed by atoms with Crippen LogP contribution < -0.4 is 10.1 Å². The first-order valence-electron chi connectivity index (χ1n) is 12.7. The number of hydrogen-bond acceptors (Lipinski definition) is 6. The van der Waals surface area contributed by atoms with Crippen molar-refractivity contribution in [2.24, 2.45) is 0 Å². The Bertz CT molecular complexity index is 1100. The van der Waals surface area contributed by atoms with E-state index in [1.54, 1.807) is 19.1 Å². The summed E-state index contributed by atoms with van der Waals surface area (Å²) in [6, 6.07) is 5.55. The van der Waals surface area contributed by atoms with Crippen LogP contribution in [0, 0.1) is 0 Å². The second-order valence-electron chi connectivity index (χ2n) is 10.1. The number of amides is 2. The fourth-order valence-corrected chi connectivity index (χ4v) is 6.11. The molecule has 1 aromatic heterocycles. The molecule has 9 nitrogen and oxygen atoms in total. The summed E-state index contributed by atoms with van der Waals surface area (Å²) in [6.45, 7) is 4.14. The summed E-state index contributed by atoms with van der Waals surface area (Å²) >= 11 is 0. The van der Waals surface area contributed by atoms with E-state index in [1.807, 2.05) is 4.90 Å². The van der Waals surface area contributed by atoms with Gasteiger partial charge in [-0.25, -0.2) is 4.68 Å². The van der Waals surface area contributed by atoms with E-state index >= 15 is 0 Å². The molecule has 3 aliphatic rings. The molecule has 11 heteroatoms. The lowest BCUT2D eigenvalue weighted by atomic mass is 9.97. The molecule has 196 valence electrons. The van der Waals surface area contributed by atoms with Crippen molar-refractivity contribution in [3.63, 3.8) is 0 Å². The molecule has 2 aromatic rings. The second-order valence-corrected chi connectivity index (χ2v) is 10.1. The van der Waals surface area contributed by atoms with Gasteiger partial charge in [-0.05, 0) is 37.8 Å². The molecule has 4 heterocycles. The maximum Gasteiger partial charge on any atom is 0.333 e. The molecular formula is C25H34F2N6O3. The third-order valence-corrected chi connectivity index (χ3v) is 8.03. The predicted molar refractivity (Wildman–Crippen MR) is 130 cm³/mol. The maximum absolute atomic E-state index is 13.6. The van der Waals surface area contributed by atoms with Gasteiger partial charge in [0, 0.05) is 75.8 Å². The van der Waals surface area contributed by atoms with E-state index in [2.05, 4.69) is 20.2 Å². The van der Waals surface area contributed by atoms with Gasteiger partial charge in [0.1, 0.15) is 5.75 Å². The van der Waals surface area contributed by atoms with Crippen molar-refractivity contribution in [2.75, 3.05) is 46.4 Å². The van der Waals surface area contributed by atoms with Crippen molar-refractivity contribution in [3.05, 3.63) is 23.9 Å². The van der Waals surface area contributed by atoms with Gasteiger partial charge >= 0.3 is 6.55 Å². The SMILES string of the molecule is COc1ccc2c(C(=O)NC3C[C@H]4CC[C@@H](C3)N4CCN3CCN(C(C)=O)CC3)nn(C(F)F)c2c1. The van der Waals surface area contributed by atoms with Gasteiger partial charge in [-0.3, -0.25) is 19.4 Å². The number of nitrogens with one attached hydrogen (secondary N) is 1. The van der Waals surface area contributed by atoms with E-state index in [-0.39, 0.29) is 23.2 Å². The molecule has 3 aliphatic heterocycles. The highest BCUT2D eigenvalue weighted by Crippen LogP contribution is 2.36. The average Bonchev–Trinajstić information content (AvgIpc) is 3.36. The first-order valence-corrected chi connectivity index (χ1v) is 12.7. The lowest BCUT2D eigenvalue weighted by molar-refractivity contribution is -0.130. The number of piperidine rings is 1. The third-order valence-electron chi connectivity index (χ3n) is 8.03. The Labute approximate surface area is 209 Å². The van der Waals surface area contributed by atoms with E-state index in [0.717, 1.165) is 65.0 Å². The van der Waals surface area contributed by atoms with Gasteiger partial charge in [-0.2, -0.15) is 13.9 Å². The summed E-state index contributed by atoms with van der Waals surface area (Å²) in [6.07, 6.45) is 3.92. The Hall–Kier alpha value is -2.79.